The number of hydrogen-bond acceptors (Lipinski definition) is 6. The summed E-state index contributed by atoms with van der Waals surface area (Å²) in [5, 5.41) is 6.60. The van der Waals surface area contributed by atoms with E-state index in [1.54, 1.807) is 18.2 Å². The molecule has 0 aliphatic carbocycles. The van der Waals surface area contributed by atoms with Crippen molar-refractivity contribution in [2.24, 2.45) is 5.92 Å². The lowest BCUT2D eigenvalue weighted by Crippen LogP contribution is -2.28. The van der Waals surface area contributed by atoms with E-state index >= 15 is 0 Å². The normalized spacial score (nSPS) is 11.5. The first-order valence-electron chi connectivity index (χ1n) is 14.4. The molecule has 222 valence electrons. The number of benzene rings is 2. The smallest absolute Gasteiger partial charge is 0.256 e. The molecule has 2 aromatic heterocycles. The maximum Gasteiger partial charge on any atom is 0.256 e. The Balaban J connectivity index is 1.89. The van der Waals surface area contributed by atoms with E-state index in [2.05, 4.69) is 34.4 Å². The summed E-state index contributed by atoms with van der Waals surface area (Å²) >= 11 is 0. The van der Waals surface area contributed by atoms with E-state index in [1.807, 2.05) is 26.8 Å². The van der Waals surface area contributed by atoms with E-state index in [4.69, 9.17) is 4.98 Å². The molecule has 4 aromatic rings. The van der Waals surface area contributed by atoms with Crippen LogP contribution in [0.25, 0.3) is 28.0 Å². The van der Waals surface area contributed by atoms with Gasteiger partial charge in [0, 0.05) is 35.7 Å². The number of hydrogen-bond donors (Lipinski definition) is 2. The number of carbonyl (C=O) groups is 1. The van der Waals surface area contributed by atoms with Crippen molar-refractivity contribution in [3.05, 3.63) is 81.6 Å². The van der Waals surface area contributed by atoms with Crippen molar-refractivity contribution in [1.82, 2.24) is 24.8 Å². The largest absolute Gasteiger partial charge is 0.354 e. The number of anilines is 1. The minimum atomic E-state index is -0.890. The van der Waals surface area contributed by atoms with Crippen LogP contribution in [-0.4, -0.2) is 58.1 Å². The number of halogens is 2. The fraction of sp³-hybridized carbons (Fsp3) is 0.375. The van der Waals surface area contributed by atoms with E-state index < -0.39 is 22.9 Å². The first-order chi connectivity index (χ1) is 20.2. The average molecular weight is 577 g/mol. The standard InChI is InChI=1S/C32H38F2N6O2/c1-6-39(7-2)18-10-17-35-32-37-28(22-11-8-12-23(21(22)5)31(42)36-19-20(3)4)24-15-16-27(41)40(30(24)38-32)29-25(33)13-9-14-26(29)34/h8-9,11-16,20H,6-7,10,17-19H2,1-5H3,(H,36,42)(H,35,37,38). The van der Waals surface area contributed by atoms with Gasteiger partial charge in [-0.05, 0) is 68.7 Å². The lowest BCUT2D eigenvalue weighted by molar-refractivity contribution is 0.0948. The zero-order valence-electron chi connectivity index (χ0n) is 24.8. The molecule has 0 saturated carbocycles. The van der Waals surface area contributed by atoms with E-state index in [1.165, 1.54) is 12.1 Å². The van der Waals surface area contributed by atoms with Gasteiger partial charge in [0.1, 0.15) is 17.3 Å². The number of para-hydroxylation sites is 1. The third kappa shape index (κ3) is 6.65. The molecule has 42 heavy (non-hydrogen) atoms. The highest BCUT2D eigenvalue weighted by atomic mass is 19.1. The zero-order valence-corrected chi connectivity index (χ0v) is 24.8. The Kier molecular flexibility index (Phi) is 10.0. The van der Waals surface area contributed by atoms with Crippen LogP contribution >= 0.6 is 0 Å². The molecule has 0 unspecified atom stereocenters. The molecule has 8 nitrogen and oxygen atoms in total. The van der Waals surface area contributed by atoms with Crippen molar-refractivity contribution in [3.8, 4) is 16.9 Å². The Morgan fingerprint density at radius 1 is 1.00 bits per heavy atom. The van der Waals surface area contributed by atoms with Gasteiger partial charge in [0.2, 0.25) is 5.95 Å². The maximum atomic E-state index is 15.0. The summed E-state index contributed by atoms with van der Waals surface area (Å²) in [4.78, 5) is 37.8. The van der Waals surface area contributed by atoms with Gasteiger partial charge >= 0.3 is 0 Å². The molecule has 0 bridgehead atoms. The van der Waals surface area contributed by atoms with Crippen molar-refractivity contribution in [1.29, 1.82) is 0 Å². The Labute approximate surface area is 244 Å². The SMILES string of the molecule is CCN(CC)CCCNc1nc(-c2cccc(C(=O)NCC(C)C)c2C)c2ccc(=O)n(-c3c(F)cccc3F)c2n1. The van der Waals surface area contributed by atoms with Gasteiger partial charge in [0.05, 0.1) is 5.69 Å². The van der Waals surface area contributed by atoms with Crippen molar-refractivity contribution in [2.75, 3.05) is 38.0 Å². The van der Waals surface area contributed by atoms with E-state index in [0.29, 0.717) is 40.9 Å². The molecule has 4 rings (SSSR count). The number of amides is 1. The first-order valence-corrected chi connectivity index (χ1v) is 14.4. The molecule has 2 heterocycles. The minimum absolute atomic E-state index is 0.0526. The van der Waals surface area contributed by atoms with Crippen LogP contribution in [0.1, 0.15) is 50.0 Å². The molecule has 0 saturated heterocycles. The second-order valence-electron chi connectivity index (χ2n) is 10.6. The Hall–Kier alpha value is -4.18. The number of nitrogens with zero attached hydrogens (tertiary/aromatic N) is 4. The van der Waals surface area contributed by atoms with Crippen LogP contribution in [0.2, 0.25) is 0 Å². The molecule has 0 fully saturated rings. The van der Waals surface area contributed by atoms with Crippen molar-refractivity contribution >= 4 is 22.9 Å². The van der Waals surface area contributed by atoms with Gasteiger partial charge in [-0.15, -0.1) is 0 Å². The molecule has 0 atom stereocenters. The second-order valence-corrected chi connectivity index (χ2v) is 10.6. The summed E-state index contributed by atoms with van der Waals surface area (Å²) < 4.78 is 30.9. The molecule has 2 N–H and O–H groups in total. The van der Waals surface area contributed by atoms with Gasteiger partial charge in [0.25, 0.3) is 11.5 Å². The zero-order chi connectivity index (χ0) is 30.4. The summed E-state index contributed by atoms with van der Waals surface area (Å²) in [6.45, 7) is 13.9. The maximum absolute atomic E-state index is 15.0. The van der Waals surface area contributed by atoms with E-state index in [0.717, 1.165) is 42.8 Å². The van der Waals surface area contributed by atoms with Gasteiger partial charge in [-0.1, -0.05) is 45.9 Å². The van der Waals surface area contributed by atoms with E-state index in [-0.39, 0.29) is 23.4 Å². The molecule has 0 radical (unpaired) electrons. The molecule has 0 aliphatic heterocycles. The molecule has 1 amide bonds. The molecule has 0 aliphatic rings. The number of rotatable bonds is 12. The predicted octanol–water partition coefficient (Wildman–Crippen LogP) is 5.56. The number of fused-ring (bicyclic) bond motifs is 1. The molecular weight excluding hydrogens is 538 g/mol. The van der Waals surface area contributed by atoms with E-state index in [9.17, 15) is 18.4 Å². The van der Waals surface area contributed by atoms with Crippen LogP contribution in [0.5, 0.6) is 0 Å². The number of aromatic nitrogens is 3. The van der Waals surface area contributed by atoms with Crippen LogP contribution in [0.3, 0.4) is 0 Å². The summed E-state index contributed by atoms with van der Waals surface area (Å²) in [6, 6.07) is 11.6. The average Bonchev–Trinajstić information content (AvgIpc) is 2.96. The Morgan fingerprint density at radius 3 is 2.36 bits per heavy atom. The van der Waals surface area contributed by atoms with Crippen LogP contribution < -0.4 is 16.2 Å². The Morgan fingerprint density at radius 2 is 1.69 bits per heavy atom. The molecule has 2 aromatic carbocycles. The van der Waals surface area contributed by atoms with Gasteiger partial charge in [-0.2, -0.15) is 4.98 Å². The fourth-order valence-electron chi connectivity index (χ4n) is 4.89. The minimum Gasteiger partial charge on any atom is -0.354 e. The molecule has 0 spiro atoms. The second kappa shape index (κ2) is 13.7. The van der Waals surface area contributed by atoms with Gasteiger partial charge in [-0.25, -0.2) is 13.8 Å². The molecular formula is C32H38F2N6O2. The van der Waals surface area contributed by atoms with Crippen LogP contribution in [-0.2, 0) is 0 Å². The highest BCUT2D eigenvalue weighted by Gasteiger charge is 2.21. The van der Waals surface area contributed by atoms with Gasteiger partial charge < -0.3 is 15.5 Å². The van der Waals surface area contributed by atoms with Crippen LogP contribution in [0, 0.1) is 24.5 Å². The predicted molar refractivity (Wildman–Crippen MR) is 163 cm³/mol. The summed E-state index contributed by atoms with van der Waals surface area (Å²) in [5.74, 6) is -1.49. The van der Waals surface area contributed by atoms with Crippen molar-refractivity contribution in [2.45, 2.75) is 41.0 Å². The Bertz CT molecular complexity index is 1610. The van der Waals surface area contributed by atoms with Gasteiger partial charge in [-0.3, -0.25) is 14.2 Å². The van der Waals surface area contributed by atoms with Crippen LogP contribution in [0.15, 0.2) is 53.3 Å². The number of nitrogens with one attached hydrogen (secondary N) is 2. The first kappa shape index (κ1) is 30.8. The lowest BCUT2D eigenvalue weighted by Gasteiger charge is -2.19. The van der Waals surface area contributed by atoms with Gasteiger partial charge in [0.15, 0.2) is 5.65 Å². The summed E-state index contributed by atoms with van der Waals surface area (Å²) in [7, 11) is 0. The lowest BCUT2D eigenvalue weighted by atomic mass is 9.97. The fourth-order valence-corrected chi connectivity index (χ4v) is 4.89. The number of carbonyl (C=O) groups excluding carboxylic acids is 1. The third-order valence-electron chi connectivity index (χ3n) is 7.24. The van der Waals surface area contributed by atoms with Crippen molar-refractivity contribution < 1.29 is 13.6 Å². The number of pyridine rings is 1. The van der Waals surface area contributed by atoms with Crippen molar-refractivity contribution in [3.63, 3.8) is 0 Å². The summed E-state index contributed by atoms with van der Waals surface area (Å²) in [6.07, 6.45) is 0.812. The quantitative estimate of drug-likeness (QED) is 0.215. The highest BCUT2D eigenvalue weighted by molar-refractivity contribution is 6.00. The highest BCUT2D eigenvalue weighted by Crippen LogP contribution is 2.32. The van der Waals surface area contributed by atoms with Crippen LogP contribution in [0.4, 0.5) is 14.7 Å². The third-order valence-corrected chi connectivity index (χ3v) is 7.24. The monoisotopic (exact) mass is 576 g/mol. The molecule has 10 heteroatoms. The summed E-state index contributed by atoms with van der Waals surface area (Å²) in [5.41, 5.74) is 1.16. The topological polar surface area (TPSA) is 92.2 Å².